The van der Waals surface area contributed by atoms with E-state index in [9.17, 15) is 25.2 Å². The number of carbonyl (C=O) groups excluding carboxylic acids is 1. The summed E-state index contributed by atoms with van der Waals surface area (Å²) >= 11 is 0. The molecule has 0 spiro atoms. The molecule has 71 heavy (non-hydrogen) atoms. The monoisotopic (exact) mass is 1000 g/mol. The van der Waals surface area contributed by atoms with Crippen LogP contribution in [0.15, 0.2) is 12.2 Å². The zero-order chi connectivity index (χ0) is 51.6. The van der Waals surface area contributed by atoms with E-state index < -0.39 is 36.9 Å². The van der Waals surface area contributed by atoms with Gasteiger partial charge in [0.15, 0.2) is 0 Å². The average Bonchev–Trinajstić information content (AvgIpc) is 3.38. The highest BCUT2D eigenvalue weighted by Crippen LogP contribution is 2.19. The van der Waals surface area contributed by atoms with E-state index in [4.69, 9.17) is 0 Å². The Hall–Kier alpha value is -0.950. The van der Waals surface area contributed by atoms with Crippen molar-refractivity contribution in [2.45, 2.75) is 391 Å². The van der Waals surface area contributed by atoms with Gasteiger partial charge in [-0.05, 0) is 38.5 Å². The minimum Gasteiger partial charge on any atom is -0.394 e. The van der Waals surface area contributed by atoms with E-state index in [0.717, 1.165) is 38.5 Å². The van der Waals surface area contributed by atoms with Crippen molar-refractivity contribution in [3.8, 4) is 0 Å². The Kier molecular flexibility index (Phi) is 59.1. The summed E-state index contributed by atoms with van der Waals surface area (Å²) in [4.78, 5) is 12.6. The lowest BCUT2D eigenvalue weighted by atomic mass is 9.99. The number of nitrogens with one attached hydrogen (secondary N) is 1. The largest absolute Gasteiger partial charge is 0.394 e. The average molecular weight is 1000 g/mol. The van der Waals surface area contributed by atoms with Gasteiger partial charge in [-0.25, -0.2) is 0 Å². The van der Waals surface area contributed by atoms with Crippen LogP contribution >= 0.6 is 0 Å². The second kappa shape index (κ2) is 59.9. The molecule has 0 heterocycles. The molecule has 0 fully saturated rings. The molecule has 0 bridgehead atoms. The Morgan fingerprint density at radius 2 is 0.563 bits per heavy atom. The van der Waals surface area contributed by atoms with Crippen LogP contribution in [0.25, 0.3) is 0 Å². The standard InChI is InChI=1S/C65H129NO5/c1-3-5-7-9-11-13-15-17-19-21-23-25-27-29-31-33-34-36-38-40-42-44-46-48-50-52-54-56-58-62(68)64(70)61(60-67)66-65(71)63(69)59-57-55-53-51-49-47-45-43-41-39-37-35-32-30-28-26-24-22-20-18-16-14-12-10-8-6-4-2/h30,32,61-64,67-70H,3-29,31,33-60H2,1-2H3,(H,66,71)/b32-30-. The number of unbranched alkanes of at least 4 members (excludes halogenated alkanes) is 50. The van der Waals surface area contributed by atoms with Crippen molar-refractivity contribution in [3.63, 3.8) is 0 Å². The summed E-state index contributed by atoms with van der Waals surface area (Å²) in [6, 6.07) is -0.985. The van der Waals surface area contributed by atoms with Gasteiger partial charge in [0, 0.05) is 0 Å². The number of hydrogen-bond donors (Lipinski definition) is 5. The molecular weight excluding hydrogens is 875 g/mol. The molecule has 0 aromatic rings. The number of amides is 1. The fourth-order valence-corrected chi connectivity index (χ4v) is 10.6. The van der Waals surface area contributed by atoms with Gasteiger partial charge in [0.2, 0.25) is 5.91 Å². The van der Waals surface area contributed by atoms with E-state index in [1.54, 1.807) is 0 Å². The maximum absolute atomic E-state index is 12.6. The number of carbonyl (C=O) groups is 1. The van der Waals surface area contributed by atoms with Crippen molar-refractivity contribution in [1.82, 2.24) is 5.32 Å². The highest BCUT2D eigenvalue weighted by atomic mass is 16.3. The molecule has 0 aliphatic rings. The molecule has 4 atom stereocenters. The Morgan fingerprint density at radius 1 is 0.338 bits per heavy atom. The highest BCUT2D eigenvalue weighted by molar-refractivity contribution is 5.80. The van der Waals surface area contributed by atoms with Gasteiger partial charge in [-0.3, -0.25) is 4.79 Å². The topological polar surface area (TPSA) is 110 Å². The molecule has 0 aliphatic heterocycles. The number of hydrogen-bond acceptors (Lipinski definition) is 5. The van der Waals surface area contributed by atoms with E-state index in [1.807, 2.05) is 0 Å². The number of aliphatic hydroxyl groups excluding tert-OH is 4. The van der Waals surface area contributed by atoms with E-state index in [2.05, 4.69) is 31.3 Å². The van der Waals surface area contributed by atoms with E-state index in [-0.39, 0.29) is 0 Å². The third-order valence-electron chi connectivity index (χ3n) is 15.7. The molecule has 1 amide bonds. The van der Waals surface area contributed by atoms with Crippen LogP contribution in [0.5, 0.6) is 0 Å². The van der Waals surface area contributed by atoms with Gasteiger partial charge >= 0.3 is 0 Å². The van der Waals surface area contributed by atoms with Gasteiger partial charge in [-0.1, -0.05) is 341 Å². The van der Waals surface area contributed by atoms with Crippen LogP contribution < -0.4 is 5.32 Å². The fraction of sp³-hybridized carbons (Fsp3) is 0.954. The molecular formula is C65H129NO5. The van der Waals surface area contributed by atoms with Gasteiger partial charge in [0.25, 0.3) is 0 Å². The summed E-state index contributed by atoms with van der Waals surface area (Å²) in [6.07, 6.45) is 73.1. The van der Waals surface area contributed by atoms with E-state index >= 15 is 0 Å². The summed E-state index contributed by atoms with van der Waals surface area (Å²) in [5.41, 5.74) is 0. The second-order valence-corrected chi connectivity index (χ2v) is 22.8. The molecule has 5 N–H and O–H groups in total. The summed E-state index contributed by atoms with van der Waals surface area (Å²) in [6.45, 7) is 4.11. The molecule has 4 unspecified atom stereocenters. The van der Waals surface area contributed by atoms with Crippen LogP contribution in [0.1, 0.15) is 367 Å². The summed E-state index contributed by atoms with van der Waals surface area (Å²) < 4.78 is 0. The van der Waals surface area contributed by atoms with Crippen LogP contribution in [0.4, 0.5) is 0 Å². The third kappa shape index (κ3) is 53.7. The van der Waals surface area contributed by atoms with Crippen molar-refractivity contribution in [2.24, 2.45) is 0 Å². The van der Waals surface area contributed by atoms with Gasteiger partial charge in [0.1, 0.15) is 12.2 Å². The summed E-state index contributed by atoms with van der Waals surface area (Å²) in [5, 5.41) is 44.2. The zero-order valence-corrected chi connectivity index (χ0v) is 48.3. The van der Waals surface area contributed by atoms with E-state index in [1.165, 1.54) is 302 Å². The molecule has 0 radical (unpaired) electrons. The van der Waals surface area contributed by atoms with Gasteiger partial charge in [-0.2, -0.15) is 0 Å². The maximum Gasteiger partial charge on any atom is 0.249 e. The third-order valence-corrected chi connectivity index (χ3v) is 15.7. The lowest BCUT2D eigenvalue weighted by Crippen LogP contribution is -2.53. The molecule has 0 aliphatic carbocycles. The summed E-state index contributed by atoms with van der Waals surface area (Å²) in [7, 11) is 0. The Balaban J connectivity index is 3.55. The van der Waals surface area contributed by atoms with Crippen molar-refractivity contribution < 1.29 is 25.2 Å². The molecule has 0 saturated heterocycles. The van der Waals surface area contributed by atoms with Crippen molar-refractivity contribution in [2.75, 3.05) is 6.61 Å². The Bertz CT molecular complexity index is 1040. The SMILES string of the molecule is CCCCCCCCCCCCCC/C=C\CCCCCCCCCCCCCC(O)C(=O)NC(CO)C(O)C(O)CCCCCCCCCCCCCCCCCCCCCCCCCCCCCC. The first-order valence-electron chi connectivity index (χ1n) is 32.6. The normalized spacial score (nSPS) is 13.6. The predicted octanol–water partition coefficient (Wildman–Crippen LogP) is 19.6. The maximum atomic E-state index is 12.6. The lowest BCUT2D eigenvalue weighted by Gasteiger charge is -2.27. The van der Waals surface area contributed by atoms with Crippen LogP contribution in [0.2, 0.25) is 0 Å². The fourth-order valence-electron chi connectivity index (χ4n) is 10.6. The van der Waals surface area contributed by atoms with Gasteiger partial charge < -0.3 is 25.7 Å². The minimum absolute atomic E-state index is 0.372. The quantitative estimate of drug-likeness (QED) is 0.0308. The number of allylic oxidation sites excluding steroid dienone is 2. The molecule has 6 nitrogen and oxygen atoms in total. The first kappa shape index (κ1) is 70.1. The van der Waals surface area contributed by atoms with Crippen LogP contribution in [0, 0.1) is 0 Å². The molecule has 0 aromatic heterocycles. The smallest absolute Gasteiger partial charge is 0.249 e. The number of aliphatic hydroxyl groups is 4. The Labute approximate surface area is 444 Å². The molecule has 0 saturated carbocycles. The van der Waals surface area contributed by atoms with Crippen LogP contribution in [-0.4, -0.2) is 57.3 Å². The minimum atomic E-state index is -1.26. The summed E-state index contributed by atoms with van der Waals surface area (Å²) in [5.74, 6) is -0.577. The number of rotatable bonds is 61. The van der Waals surface area contributed by atoms with Crippen molar-refractivity contribution in [1.29, 1.82) is 0 Å². The molecule has 0 aromatic carbocycles. The highest BCUT2D eigenvalue weighted by Gasteiger charge is 2.28. The molecule has 424 valence electrons. The van der Waals surface area contributed by atoms with Crippen LogP contribution in [0.3, 0.4) is 0 Å². The van der Waals surface area contributed by atoms with Crippen molar-refractivity contribution in [3.05, 3.63) is 12.2 Å². The van der Waals surface area contributed by atoms with Crippen LogP contribution in [-0.2, 0) is 4.79 Å². The molecule has 6 heteroatoms. The predicted molar refractivity (Wildman–Crippen MR) is 311 cm³/mol. The zero-order valence-electron chi connectivity index (χ0n) is 48.3. The molecule has 0 rings (SSSR count). The van der Waals surface area contributed by atoms with Crippen molar-refractivity contribution >= 4 is 5.91 Å². The second-order valence-electron chi connectivity index (χ2n) is 22.8. The van der Waals surface area contributed by atoms with E-state index in [0.29, 0.717) is 12.8 Å². The first-order valence-corrected chi connectivity index (χ1v) is 32.6. The lowest BCUT2D eigenvalue weighted by molar-refractivity contribution is -0.132. The van der Waals surface area contributed by atoms with Gasteiger partial charge in [0.05, 0.1) is 18.8 Å². The Morgan fingerprint density at radius 3 is 0.817 bits per heavy atom. The first-order chi connectivity index (χ1) is 35.0. The van der Waals surface area contributed by atoms with Gasteiger partial charge in [-0.15, -0.1) is 0 Å².